The highest BCUT2D eigenvalue weighted by molar-refractivity contribution is 7.89. The Morgan fingerprint density at radius 3 is 2.54 bits per heavy atom. The maximum absolute atomic E-state index is 12.2. The zero-order valence-electron chi connectivity index (χ0n) is 13.4. The Bertz CT molecular complexity index is 902. The average Bonchev–Trinajstić information content (AvgIpc) is 2.60. The predicted octanol–water partition coefficient (Wildman–Crippen LogP) is 2.66. The van der Waals surface area contributed by atoms with Crippen molar-refractivity contribution in [2.45, 2.75) is 17.9 Å². The van der Waals surface area contributed by atoms with Crippen molar-refractivity contribution in [3.63, 3.8) is 0 Å². The minimum atomic E-state index is -4.02. The second-order valence-electron chi connectivity index (χ2n) is 5.16. The van der Waals surface area contributed by atoms with Gasteiger partial charge in [-0.3, -0.25) is 14.9 Å². The van der Waals surface area contributed by atoms with Gasteiger partial charge in [0.15, 0.2) is 0 Å². The molecule has 0 bridgehead atoms. The standard InChI is InChI=1S/C16H15ClN2O6S/c17-14-7-6-13(10-15(14)19(21)22)26(23,24)18-9-8-16(20)25-11-12-4-2-1-3-5-12/h1-7,10,18H,8-9,11H2. The van der Waals surface area contributed by atoms with Crippen LogP contribution in [0.4, 0.5) is 5.69 Å². The number of nitrogens with zero attached hydrogens (tertiary/aromatic N) is 1. The van der Waals surface area contributed by atoms with E-state index in [9.17, 15) is 23.3 Å². The molecule has 2 aromatic rings. The molecule has 0 heterocycles. The summed E-state index contributed by atoms with van der Waals surface area (Å²) in [4.78, 5) is 21.4. The molecular formula is C16H15ClN2O6S. The molecule has 1 N–H and O–H groups in total. The maximum Gasteiger partial charge on any atom is 0.307 e. The molecule has 0 radical (unpaired) electrons. The van der Waals surface area contributed by atoms with Gasteiger partial charge in [0.25, 0.3) is 5.69 Å². The summed E-state index contributed by atoms with van der Waals surface area (Å²) in [6, 6.07) is 12.2. The first-order valence-corrected chi connectivity index (χ1v) is 9.29. The number of hydrogen-bond acceptors (Lipinski definition) is 6. The minimum Gasteiger partial charge on any atom is -0.461 e. The maximum atomic E-state index is 12.2. The van der Waals surface area contributed by atoms with Crippen LogP contribution in [0.3, 0.4) is 0 Å². The van der Waals surface area contributed by atoms with E-state index in [1.54, 1.807) is 12.1 Å². The second-order valence-corrected chi connectivity index (χ2v) is 7.34. The van der Waals surface area contributed by atoms with Gasteiger partial charge in [0, 0.05) is 12.6 Å². The molecule has 0 fully saturated rings. The van der Waals surface area contributed by atoms with Gasteiger partial charge < -0.3 is 4.74 Å². The van der Waals surface area contributed by atoms with E-state index in [0.29, 0.717) is 0 Å². The molecule has 0 amide bonds. The van der Waals surface area contributed by atoms with Crippen molar-refractivity contribution in [3.05, 3.63) is 69.2 Å². The number of halogens is 1. The number of nitrogens with one attached hydrogen (secondary N) is 1. The quantitative estimate of drug-likeness (QED) is 0.415. The SMILES string of the molecule is O=C(CCNS(=O)(=O)c1ccc(Cl)c([N+](=O)[O-])c1)OCc1ccccc1. The smallest absolute Gasteiger partial charge is 0.307 e. The number of nitro benzene ring substituents is 1. The number of benzene rings is 2. The summed E-state index contributed by atoms with van der Waals surface area (Å²) in [7, 11) is -4.02. The van der Waals surface area contributed by atoms with Crippen LogP contribution < -0.4 is 4.72 Å². The Morgan fingerprint density at radius 2 is 1.88 bits per heavy atom. The Hall–Kier alpha value is -2.49. The molecule has 0 unspecified atom stereocenters. The third kappa shape index (κ3) is 5.51. The van der Waals surface area contributed by atoms with Crippen LogP contribution in [0.2, 0.25) is 5.02 Å². The third-order valence-corrected chi connectivity index (χ3v) is 5.07. The molecule has 0 aliphatic heterocycles. The summed E-state index contributed by atoms with van der Waals surface area (Å²) in [5.41, 5.74) is 0.298. The first-order valence-electron chi connectivity index (χ1n) is 7.43. The number of carbonyl (C=O) groups is 1. The van der Waals surface area contributed by atoms with E-state index in [0.717, 1.165) is 23.8 Å². The fourth-order valence-corrected chi connectivity index (χ4v) is 3.22. The molecule has 26 heavy (non-hydrogen) atoms. The number of nitro groups is 1. The van der Waals surface area contributed by atoms with Gasteiger partial charge in [-0.2, -0.15) is 0 Å². The van der Waals surface area contributed by atoms with Crippen LogP contribution >= 0.6 is 11.6 Å². The van der Waals surface area contributed by atoms with Gasteiger partial charge in [0.1, 0.15) is 11.6 Å². The van der Waals surface area contributed by atoms with Crippen molar-refractivity contribution < 1.29 is 22.9 Å². The summed E-state index contributed by atoms with van der Waals surface area (Å²) in [6.45, 7) is -0.109. The zero-order chi connectivity index (χ0) is 19.2. The summed E-state index contributed by atoms with van der Waals surface area (Å²) in [5.74, 6) is -0.571. The van der Waals surface area contributed by atoms with Crippen LogP contribution in [0.5, 0.6) is 0 Å². The molecule has 0 aliphatic carbocycles. The lowest BCUT2D eigenvalue weighted by molar-refractivity contribution is -0.384. The van der Waals surface area contributed by atoms with Crippen molar-refractivity contribution in [1.82, 2.24) is 4.72 Å². The first kappa shape index (κ1) is 19.8. The van der Waals surface area contributed by atoms with Crippen molar-refractivity contribution in [3.8, 4) is 0 Å². The average molecular weight is 399 g/mol. The largest absolute Gasteiger partial charge is 0.461 e. The molecule has 0 aliphatic rings. The molecule has 0 saturated heterocycles. The molecule has 8 nitrogen and oxygen atoms in total. The zero-order valence-corrected chi connectivity index (χ0v) is 15.0. The fourth-order valence-electron chi connectivity index (χ4n) is 1.98. The van der Waals surface area contributed by atoms with Gasteiger partial charge in [0.2, 0.25) is 10.0 Å². The molecule has 0 spiro atoms. The lowest BCUT2D eigenvalue weighted by Gasteiger charge is -2.08. The highest BCUT2D eigenvalue weighted by atomic mass is 35.5. The predicted molar refractivity (Wildman–Crippen MR) is 94.1 cm³/mol. The van der Waals surface area contributed by atoms with Crippen LogP contribution in [0.25, 0.3) is 0 Å². The Morgan fingerprint density at radius 1 is 1.19 bits per heavy atom. The second kappa shape index (κ2) is 8.75. The van der Waals surface area contributed by atoms with Crippen LogP contribution in [-0.2, 0) is 26.2 Å². The number of ether oxygens (including phenoxy) is 1. The first-order chi connectivity index (χ1) is 12.3. The van der Waals surface area contributed by atoms with Gasteiger partial charge in [0.05, 0.1) is 16.2 Å². The third-order valence-electron chi connectivity index (χ3n) is 3.29. The number of rotatable bonds is 8. The van der Waals surface area contributed by atoms with Crippen molar-refractivity contribution >= 4 is 33.3 Å². The number of hydrogen-bond donors (Lipinski definition) is 1. The van der Waals surface area contributed by atoms with Crippen molar-refractivity contribution in [2.24, 2.45) is 0 Å². The highest BCUT2D eigenvalue weighted by Crippen LogP contribution is 2.26. The minimum absolute atomic E-state index is 0.0931. The molecule has 0 atom stereocenters. The Labute approximate surface area is 154 Å². The number of sulfonamides is 1. The molecule has 138 valence electrons. The lowest BCUT2D eigenvalue weighted by atomic mass is 10.2. The lowest BCUT2D eigenvalue weighted by Crippen LogP contribution is -2.26. The van der Waals surface area contributed by atoms with E-state index in [-0.39, 0.29) is 29.5 Å². The van der Waals surface area contributed by atoms with Gasteiger partial charge in [-0.15, -0.1) is 0 Å². The van der Waals surface area contributed by atoms with Gasteiger partial charge in [-0.1, -0.05) is 41.9 Å². The number of carbonyl (C=O) groups excluding carboxylic acids is 1. The summed E-state index contributed by atoms with van der Waals surface area (Å²) >= 11 is 5.65. The fraction of sp³-hybridized carbons (Fsp3) is 0.188. The van der Waals surface area contributed by atoms with Gasteiger partial charge in [-0.25, -0.2) is 13.1 Å². The number of esters is 1. The molecule has 0 saturated carbocycles. The van der Waals surface area contributed by atoms with E-state index < -0.39 is 26.6 Å². The Kier molecular flexibility index (Phi) is 6.67. The van der Waals surface area contributed by atoms with E-state index in [4.69, 9.17) is 16.3 Å². The van der Waals surface area contributed by atoms with Gasteiger partial charge in [-0.05, 0) is 17.7 Å². The van der Waals surface area contributed by atoms with Crippen molar-refractivity contribution in [2.75, 3.05) is 6.54 Å². The molecule has 2 rings (SSSR count). The van der Waals surface area contributed by atoms with E-state index >= 15 is 0 Å². The normalized spacial score (nSPS) is 11.1. The summed E-state index contributed by atoms with van der Waals surface area (Å²) in [5, 5.41) is 10.7. The monoisotopic (exact) mass is 398 g/mol. The van der Waals surface area contributed by atoms with Crippen LogP contribution in [-0.4, -0.2) is 25.9 Å². The van der Waals surface area contributed by atoms with E-state index in [1.807, 2.05) is 18.2 Å². The molecule has 2 aromatic carbocycles. The highest BCUT2D eigenvalue weighted by Gasteiger charge is 2.20. The summed E-state index contributed by atoms with van der Waals surface area (Å²) < 4.78 is 31.5. The molecule has 0 aromatic heterocycles. The van der Waals surface area contributed by atoms with Crippen LogP contribution in [0, 0.1) is 10.1 Å². The molecular weight excluding hydrogens is 384 g/mol. The van der Waals surface area contributed by atoms with Crippen LogP contribution in [0.1, 0.15) is 12.0 Å². The van der Waals surface area contributed by atoms with E-state index in [2.05, 4.69) is 4.72 Å². The molecule has 10 heteroatoms. The van der Waals surface area contributed by atoms with Crippen molar-refractivity contribution in [1.29, 1.82) is 0 Å². The van der Waals surface area contributed by atoms with Crippen LogP contribution in [0.15, 0.2) is 53.4 Å². The summed E-state index contributed by atoms with van der Waals surface area (Å²) in [6.07, 6.45) is -0.179. The topological polar surface area (TPSA) is 116 Å². The van der Waals surface area contributed by atoms with E-state index in [1.165, 1.54) is 0 Å². The van der Waals surface area contributed by atoms with Gasteiger partial charge >= 0.3 is 5.97 Å². The Balaban J connectivity index is 1.89.